The highest BCUT2D eigenvalue weighted by molar-refractivity contribution is 5.76. The Morgan fingerprint density at radius 3 is 2.93 bits per heavy atom. The molecule has 86 valence electrons. The summed E-state index contributed by atoms with van der Waals surface area (Å²) in [6, 6.07) is 0.550. The SMILES string of the molecule is C=C(C)CNC(=O)CCC1CCCCN1. The molecule has 0 aliphatic carbocycles. The fourth-order valence-corrected chi connectivity index (χ4v) is 1.81. The maximum Gasteiger partial charge on any atom is 0.220 e. The Morgan fingerprint density at radius 2 is 2.33 bits per heavy atom. The van der Waals surface area contributed by atoms with Gasteiger partial charge in [0, 0.05) is 19.0 Å². The first-order valence-electron chi connectivity index (χ1n) is 5.83. The molecule has 0 spiro atoms. The predicted molar refractivity (Wildman–Crippen MR) is 62.7 cm³/mol. The molecule has 15 heavy (non-hydrogen) atoms. The molecule has 1 unspecified atom stereocenters. The van der Waals surface area contributed by atoms with Gasteiger partial charge in [-0.15, -0.1) is 0 Å². The molecule has 3 nitrogen and oxygen atoms in total. The van der Waals surface area contributed by atoms with Gasteiger partial charge in [-0.25, -0.2) is 0 Å². The smallest absolute Gasteiger partial charge is 0.220 e. The average Bonchev–Trinajstić information content (AvgIpc) is 2.25. The summed E-state index contributed by atoms with van der Waals surface area (Å²) in [6.07, 6.45) is 5.38. The molecule has 1 saturated heterocycles. The first-order chi connectivity index (χ1) is 7.18. The predicted octanol–water partition coefficient (Wildman–Crippen LogP) is 1.60. The second-order valence-electron chi connectivity index (χ2n) is 4.42. The molecular formula is C12H22N2O. The number of piperidine rings is 1. The van der Waals surface area contributed by atoms with Gasteiger partial charge >= 0.3 is 0 Å². The van der Waals surface area contributed by atoms with E-state index in [4.69, 9.17) is 0 Å². The minimum atomic E-state index is 0.144. The highest BCUT2D eigenvalue weighted by atomic mass is 16.1. The van der Waals surface area contributed by atoms with Crippen molar-refractivity contribution in [2.24, 2.45) is 0 Å². The summed E-state index contributed by atoms with van der Waals surface area (Å²) in [5.74, 6) is 0.144. The third kappa shape index (κ3) is 5.57. The third-order valence-corrected chi connectivity index (χ3v) is 2.72. The molecule has 1 rings (SSSR count). The van der Waals surface area contributed by atoms with E-state index in [2.05, 4.69) is 17.2 Å². The van der Waals surface area contributed by atoms with Crippen LogP contribution in [0, 0.1) is 0 Å². The molecule has 3 heteroatoms. The quantitative estimate of drug-likeness (QED) is 0.677. The zero-order valence-corrected chi connectivity index (χ0v) is 9.64. The van der Waals surface area contributed by atoms with E-state index in [0.29, 0.717) is 19.0 Å². The molecule has 0 aromatic rings. The topological polar surface area (TPSA) is 41.1 Å². The number of rotatable bonds is 5. The van der Waals surface area contributed by atoms with E-state index < -0.39 is 0 Å². The lowest BCUT2D eigenvalue weighted by molar-refractivity contribution is -0.121. The second kappa shape index (κ2) is 6.62. The zero-order valence-electron chi connectivity index (χ0n) is 9.64. The minimum absolute atomic E-state index is 0.144. The summed E-state index contributed by atoms with van der Waals surface area (Å²) in [5.41, 5.74) is 0.999. The van der Waals surface area contributed by atoms with Crippen LogP contribution in [-0.2, 0) is 4.79 Å². The first-order valence-corrected chi connectivity index (χ1v) is 5.83. The van der Waals surface area contributed by atoms with Crippen molar-refractivity contribution in [3.63, 3.8) is 0 Å². The normalized spacial score (nSPS) is 21.0. The second-order valence-corrected chi connectivity index (χ2v) is 4.42. The van der Waals surface area contributed by atoms with Gasteiger partial charge in [0.1, 0.15) is 0 Å². The lowest BCUT2D eigenvalue weighted by Crippen LogP contribution is -2.35. The monoisotopic (exact) mass is 210 g/mol. The Hall–Kier alpha value is -0.830. The molecule has 1 heterocycles. The minimum Gasteiger partial charge on any atom is -0.352 e. The molecule has 0 bridgehead atoms. The van der Waals surface area contributed by atoms with Gasteiger partial charge < -0.3 is 10.6 Å². The summed E-state index contributed by atoms with van der Waals surface area (Å²) < 4.78 is 0. The Bertz CT molecular complexity index is 220. The number of hydrogen-bond donors (Lipinski definition) is 2. The van der Waals surface area contributed by atoms with Gasteiger partial charge in [-0.1, -0.05) is 18.6 Å². The van der Waals surface area contributed by atoms with Gasteiger partial charge in [-0.3, -0.25) is 4.79 Å². The molecule has 1 fully saturated rings. The molecule has 1 aliphatic rings. The van der Waals surface area contributed by atoms with Crippen molar-refractivity contribution >= 4 is 5.91 Å². The summed E-state index contributed by atoms with van der Waals surface area (Å²) in [4.78, 5) is 11.4. The van der Waals surface area contributed by atoms with Crippen LogP contribution in [0.15, 0.2) is 12.2 Å². The standard InChI is InChI=1S/C12H22N2O/c1-10(2)9-14-12(15)7-6-11-5-3-4-8-13-11/h11,13H,1,3-9H2,2H3,(H,14,15). The largest absolute Gasteiger partial charge is 0.352 e. The van der Waals surface area contributed by atoms with Gasteiger partial charge in [0.2, 0.25) is 5.91 Å². The number of carbonyl (C=O) groups is 1. The molecule has 1 atom stereocenters. The van der Waals surface area contributed by atoms with E-state index in [9.17, 15) is 4.79 Å². The van der Waals surface area contributed by atoms with Crippen LogP contribution in [0.2, 0.25) is 0 Å². The molecule has 1 aliphatic heterocycles. The molecule has 1 amide bonds. The lowest BCUT2D eigenvalue weighted by Gasteiger charge is -2.23. The highest BCUT2D eigenvalue weighted by Crippen LogP contribution is 2.11. The maximum absolute atomic E-state index is 11.4. The van der Waals surface area contributed by atoms with E-state index >= 15 is 0 Å². The molecular weight excluding hydrogens is 188 g/mol. The van der Waals surface area contributed by atoms with E-state index in [1.54, 1.807) is 0 Å². The van der Waals surface area contributed by atoms with Crippen molar-refractivity contribution in [1.82, 2.24) is 10.6 Å². The maximum atomic E-state index is 11.4. The van der Waals surface area contributed by atoms with E-state index in [-0.39, 0.29) is 5.91 Å². The molecule has 0 radical (unpaired) electrons. The lowest BCUT2D eigenvalue weighted by atomic mass is 10.0. The van der Waals surface area contributed by atoms with Crippen molar-refractivity contribution in [3.05, 3.63) is 12.2 Å². The third-order valence-electron chi connectivity index (χ3n) is 2.72. The van der Waals surface area contributed by atoms with E-state index in [1.165, 1.54) is 19.3 Å². The Kier molecular flexibility index (Phi) is 5.40. The van der Waals surface area contributed by atoms with Crippen molar-refractivity contribution in [2.75, 3.05) is 13.1 Å². The number of amides is 1. The first kappa shape index (κ1) is 12.2. The van der Waals surface area contributed by atoms with Gasteiger partial charge in [0.25, 0.3) is 0 Å². The summed E-state index contributed by atoms with van der Waals surface area (Å²) >= 11 is 0. The molecule has 0 saturated carbocycles. The van der Waals surface area contributed by atoms with Gasteiger partial charge in [0.05, 0.1) is 0 Å². The highest BCUT2D eigenvalue weighted by Gasteiger charge is 2.13. The van der Waals surface area contributed by atoms with Crippen LogP contribution in [0.4, 0.5) is 0 Å². The van der Waals surface area contributed by atoms with Crippen molar-refractivity contribution in [1.29, 1.82) is 0 Å². The number of nitrogens with one attached hydrogen (secondary N) is 2. The van der Waals surface area contributed by atoms with Crippen molar-refractivity contribution in [3.8, 4) is 0 Å². The number of carbonyl (C=O) groups excluding carboxylic acids is 1. The average molecular weight is 210 g/mol. The molecule has 0 aromatic carbocycles. The summed E-state index contributed by atoms with van der Waals surface area (Å²) in [5, 5.41) is 6.30. The Morgan fingerprint density at radius 1 is 1.53 bits per heavy atom. The number of hydrogen-bond acceptors (Lipinski definition) is 2. The molecule has 2 N–H and O–H groups in total. The fraction of sp³-hybridized carbons (Fsp3) is 0.750. The van der Waals surface area contributed by atoms with Crippen LogP contribution in [0.5, 0.6) is 0 Å². The summed E-state index contributed by atoms with van der Waals surface area (Å²) in [7, 11) is 0. The van der Waals surface area contributed by atoms with Crippen LogP contribution in [0.3, 0.4) is 0 Å². The molecule has 0 aromatic heterocycles. The van der Waals surface area contributed by atoms with Crippen molar-refractivity contribution < 1.29 is 4.79 Å². The Labute approximate surface area is 92.3 Å². The summed E-state index contributed by atoms with van der Waals surface area (Å²) in [6.45, 7) is 7.39. The van der Waals surface area contributed by atoms with Crippen LogP contribution >= 0.6 is 0 Å². The van der Waals surface area contributed by atoms with Crippen LogP contribution in [0.25, 0.3) is 0 Å². The van der Waals surface area contributed by atoms with Gasteiger partial charge in [0.15, 0.2) is 0 Å². The Balaban J connectivity index is 2.07. The fourth-order valence-electron chi connectivity index (χ4n) is 1.81. The van der Waals surface area contributed by atoms with E-state index in [0.717, 1.165) is 18.5 Å². The van der Waals surface area contributed by atoms with E-state index in [1.807, 2.05) is 6.92 Å². The van der Waals surface area contributed by atoms with Crippen LogP contribution < -0.4 is 10.6 Å². The van der Waals surface area contributed by atoms with Gasteiger partial charge in [-0.05, 0) is 32.7 Å². The van der Waals surface area contributed by atoms with Crippen LogP contribution in [0.1, 0.15) is 39.0 Å². The van der Waals surface area contributed by atoms with Crippen LogP contribution in [-0.4, -0.2) is 25.0 Å². The zero-order chi connectivity index (χ0) is 11.1. The van der Waals surface area contributed by atoms with Crippen molar-refractivity contribution in [2.45, 2.75) is 45.1 Å². The van der Waals surface area contributed by atoms with Gasteiger partial charge in [-0.2, -0.15) is 0 Å².